The van der Waals surface area contributed by atoms with Gasteiger partial charge < -0.3 is 0 Å². The molecule has 0 N–H and O–H groups in total. The second-order valence-corrected chi connectivity index (χ2v) is 9.06. The van der Waals surface area contributed by atoms with Crippen LogP contribution >= 0.6 is 11.6 Å². The van der Waals surface area contributed by atoms with Gasteiger partial charge in [-0.15, -0.1) is 6.58 Å². The Morgan fingerprint density at radius 2 is 1.83 bits per heavy atom. The van der Waals surface area contributed by atoms with Gasteiger partial charge in [0.2, 0.25) is 0 Å². The molecular formula is C26H41ClN2. The molecule has 0 heterocycles. The van der Waals surface area contributed by atoms with E-state index in [4.69, 9.17) is 11.6 Å². The van der Waals surface area contributed by atoms with E-state index in [0.29, 0.717) is 12.0 Å². The normalized spacial score (nSPS) is 25.2. The lowest BCUT2D eigenvalue weighted by Gasteiger charge is -2.52. The van der Waals surface area contributed by atoms with Crippen molar-refractivity contribution in [3.05, 3.63) is 59.7 Å². The van der Waals surface area contributed by atoms with Gasteiger partial charge in [-0.25, -0.2) is 0 Å². The zero-order valence-electron chi connectivity index (χ0n) is 19.0. The summed E-state index contributed by atoms with van der Waals surface area (Å²) in [5.74, 6) is 0.635. The lowest BCUT2D eigenvalue weighted by atomic mass is 9.68. The summed E-state index contributed by atoms with van der Waals surface area (Å²) in [4.78, 5) is 5.38. The molecule has 1 fully saturated rings. The molecule has 1 aromatic rings. The summed E-state index contributed by atoms with van der Waals surface area (Å²) in [5.41, 5.74) is 1.51. The van der Waals surface area contributed by atoms with Crippen LogP contribution < -0.4 is 0 Å². The Labute approximate surface area is 184 Å². The number of rotatable bonds is 11. The maximum Gasteiger partial charge on any atom is 0.0467 e. The Hall–Kier alpha value is -1.09. The summed E-state index contributed by atoms with van der Waals surface area (Å²) in [6.45, 7) is 17.4. The van der Waals surface area contributed by atoms with Gasteiger partial charge in [0.1, 0.15) is 0 Å². The van der Waals surface area contributed by atoms with Crippen LogP contribution in [0.4, 0.5) is 0 Å². The fourth-order valence-corrected chi connectivity index (χ4v) is 5.43. The van der Waals surface area contributed by atoms with Gasteiger partial charge in [0.15, 0.2) is 0 Å². The molecule has 0 radical (unpaired) electrons. The van der Waals surface area contributed by atoms with Gasteiger partial charge in [-0.3, -0.25) is 9.80 Å². The summed E-state index contributed by atoms with van der Waals surface area (Å²) >= 11 is 6.24. The van der Waals surface area contributed by atoms with Crippen LogP contribution in [0.1, 0.15) is 65.4 Å². The smallest absolute Gasteiger partial charge is 0.0467 e. The van der Waals surface area contributed by atoms with Crippen molar-refractivity contribution in [2.45, 2.75) is 71.4 Å². The largest absolute Gasteiger partial charge is 0.296 e. The average Bonchev–Trinajstić information content (AvgIpc) is 2.71. The van der Waals surface area contributed by atoms with Gasteiger partial charge >= 0.3 is 0 Å². The van der Waals surface area contributed by atoms with Crippen LogP contribution in [0.15, 0.2) is 49.1 Å². The van der Waals surface area contributed by atoms with Gasteiger partial charge in [0.25, 0.3) is 0 Å². The number of allylic oxidation sites excluding steroid dienone is 1. The van der Waals surface area contributed by atoms with E-state index < -0.39 is 0 Å². The standard InChI is InChI=1S/C26H41ClN2/c1-6-10-20-29(19-9-4)26(23-11-13-24(27)14-12-23)16-15-25(22(5)21-26)28(17-7-2)18-8-3/h6-7,10-14,22,25H,2,8-9,15-21H2,1,3-5H3. The Bertz CT molecular complexity index is 639. The zero-order chi connectivity index (χ0) is 21.3. The molecule has 1 saturated carbocycles. The number of benzene rings is 1. The Morgan fingerprint density at radius 1 is 1.14 bits per heavy atom. The van der Waals surface area contributed by atoms with E-state index in [1.807, 2.05) is 0 Å². The molecule has 0 saturated heterocycles. The summed E-state index contributed by atoms with van der Waals surface area (Å²) in [7, 11) is 0. The highest BCUT2D eigenvalue weighted by Crippen LogP contribution is 2.46. The van der Waals surface area contributed by atoms with Crippen LogP contribution in [0.25, 0.3) is 0 Å². The van der Waals surface area contributed by atoms with E-state index in [9.17, 15) is 0 Å². The monoisotopic (exact) mass is 416 g/mol. The lowest BCUT2D eigenvalue weighted by Crippen LogP contribution is -2.55. The van der Waals surface area contributed by atoms with Crippen molar-refractivity contribution in [3.63, 3.8) is 0 Å². The molecule has 0 amide bonds. The van der Waals surface area contributed by atoms with Crippen molar-refractivity contribution in [1.82, 2.24) is 9.80 Å². The fraction of sp³-hybridized carbons (Fsp3) is 0.615. The van der Waals surface area contributed by atoms with Gasteiger partial charge in [-0.1, -0.05) is 62.7 Å². The third kappa shape index (κ3) is 5.96. The van der Waals surface area contributed by atoms with Crippen LogP contribution in [0, 0.1) is 5.92 Å². The predicted octanol–water partition coefficient (Wildman–Crippen LogP) is 6.91. The maximum atomic E-state index is 6.24. The molecule has 0 spiro atoms. The van der Waals surface area contributed by atoms with Crippen LogP contribution in [0.5, 0.6) is 0 Å². The third-order valence-electron chi connectivity index (χ3n) is 6.56. The molecule has 3 unspecified atom stereocenters. The molecule has 29 heavy (non-hydrogen) atoms. The Balaban J connectivity index is 2.38. The van der Waals surface area contributed by atoms with E-state index in [1.54, 1.807) is 0 Å². The summed E-state index contributed by atoms with van der Waals surface area (Å²) < 4.78 is 0. The van der Waals surface area contributed by atoms with Gasteiger partial charge in [-0.05, 0) is 75.7 Å². The Kier molecular flexibility index (Phi) is 9.95. The number of halogens is 1. The van der Waals surface area contributed by atoms with E-state index in [1.165, 1.54) is 37.7 Å². The summed E-state index contributed by atoms with van der Waals surface area (Å²) in [6.07, 6.45) is 12.5. The van der Waals surface area contributed by atoms with Gasteiger partial charge in [0, 0.05) is 29.7 Å². The van der Waals surface area contributed by atoms with Crippen molar-refractivity contribution in [3.8, 4) is 0 Å². The molecule has 0 aliphatic heterocycles. The van der Waals surface area contributed by atoms with Crippen molar-refractivity contribution >= 4 is 11.6 Å². The quantitative estimate of drug-likeness (QED) is 0.361. The van der Waals surface area contributed by atoms with Crippen LogP contribution in [0.2, 0.25) is 5.02 Å². The molecule has 2 rings (SSSR count). The molecule has 1 aromatic carbocycles. The first kappa shape index (κ1) is 24.2. The first-order chi connectivity index (χ1) is 14.0. The van der Waals surface area contributed by atoms with Crippen LogP contribution in [-0.4, -0.2) is 42.0 Å². The molecule has 0 bridgehead atoms. The van der Waals surface area contributed by atoms with E-state index in [2.05, 4.69) is 86.6 Å². The maximum absolute atomic E-state index is 6.24. The van der Waals surface area contributed by atoms with Crippen molar-refractivity contribution in [2.75, 3.05) is 26.2 Å². The van der Waals surface area contributed by atoms with E-state index >= 15 is 0 Å². The first-order valence-corrected chi connectivity index (χ1v) is 11.9. The molecule has 1 aliphatic rings. The zero-order valence-corrected chi connectivity index (χ0v) is 19.8. The number of nitrogens with zero attached hydrogens (tertiary/aromatic N) is 2. The second-order valence-electron chi connectivity index (χ2n) is 8.62. The number of hydrogen-bond acceptors (Lipinski definition) is 2. The highest BCUT2D eigenvalue weighted by atomic mass is 35.5. The number of hydrogen-bond donors (Lipinski definition) is 0. The summed E-state index contributed by atoms with van der Waals surface area (Å²) in [6, 6.07) is 9.30. The van der Waals surface area contributed by atoms with E-state index in [-0.39, 0.29) is 5.54 Å². The van der Waals surface area contributed by atoms with E-state index in [0.717, 1.165) is 31.2 Å². The molecular weight excluding hydrogens is 376 g/mol. The minimum absolute atomic E-state index is 0.0854. The average molecular weight is 417 g/mol. The minimum atomic E-state index is 0.0854. The van der Waals surface area contributed by atoms with Crippen molar-refractivity contribution in [2.24, 2.45) is 5.92 Å². The molecule has 3 atom stereocenters. The highest BCUT2D eigenvalue weighted by Gasteiger charge is 2.45. The van der Waals surface area contributed by atoms with Crippen LogP contribution in [0.3, 0.4) is 0 Å². The topological polar surface area (TPSA) is 6.48 Å². The minimum Gasteiger partial charge on any atom is -0.296 e. The fourth-order valence-electron chi connectivity index (χ4n) is 5.30. The molecule has 0 aromatic heterocycles. The van der Waals surface area contributed by atoms with Gasteiger partial charge in [0.05, 0.1) is 0 Å². The van der Waals surface area contributed by atoms with Crippen LogP contribution in [-0.2, 0) is 5.54 Å². The lowest BCUT2D eigenvalue weighted by molar-refractivity contribution is -0.00339. The molecule has 3 heteroatoms. The molecule has 2 nitrogen and oxygen atoms in total. The predicted molar refractivity (Wildman–Crippen MR) is 129 cm³/mol. The Morgan fingerprint density at radius 3 is 2.38 bits per heavy atom. The summed E-state index contributed by atoms with van der Waals surface area (Å²) in [5, 5.41) is 0.821. The van der Waals surface area contributed by atoms with Crippen molar-refractivity contribution < 1.29 is 0 Å². The first-order valence-electron chi connectivity index (χ1n) is 11.5. The molecule has 162 valence electrons. The molecule has 1 aliphatic carbocycles. The third-order valence-corrected chi connectivity index (χ3v) is 6.81. The SMILES string of the molecule is C=CCN(CCC)C1CCC(c2ccc(Cl)cc2)(N(CC=CC)CCC)CC1C. The second kappa shape index (κ2) is 11.9. The van der Waals surface area contributed by atoms with Crippen molar-refractivity contribution in [1.29, 1.82) is 0 Å². The highest BCUT2D eigenvalue weighted by molar-refractivity contribution is 6.30. The van der Waals surface area contributed by atoms with Gasteiger partial charge in [-0.2, -0.15) is 0 Å².